The average molecular weight is 223 g/mol. The molecule has 1 rings (SSSR count). The van der Waals surface area contributed by atoms with E-state index in [1.165, 1.54) is 5.69 Å². The summed E-state index contributed by atoms with van der Waals surface area (Å²) < 4.78 is 1.97. The van der Waals surface area contributed by atoms with E-state index >= 15 is 0 Å². The summed E-state index contributed by atoms with van der Waals surface area (Å²) in [7, 11) is 2.01. The molecule has 0 aliphatic carbocycles. The molecule has 3 heteroatoms. The van der Waals surface area contributed by atoms with Crippen LogP contribution in [0.3, 0.4) is 0 Å². The van der Waals surface area contributed by atoms with Gasteiger partial charge in [0.25, 0.3) is 0 Å². The Morgan fingerprint density at radius 3 is 2.38 bits per heavy atom. The summed E-state index contributed by atoms with van der Waals surface area (Å²) >= 11 is 0. The lowest BCUT2D eigenvalue weighted by Crippen LogP contribution is -2.32. The van der Waals surface area contributed by atoms with Gasteiger partial charge in [-0.1, -0.05) is 33.6 Å². The topological polar surface area (TPSA) is 43.8 Å². The van der Waals surface area contributed by atoms with Crippen molar-refractivity contribution in [2.75, 3.05) is 0 Å². The van der Waals surface area contributed by atoms with E-state index in [1.54, 1.807) is 0 Å². The summed E-state index contributed by atoms with van der Waals surface area (Å²) in [6.45, 7) is 6.57. The standard InChI is InChI=1S/C13H25N3/c1-5-10(6-2)13(14)9-12-8-11(7-3)15-16(12)4/h8,10,13H,5-7,9,14H2,1-4H3. The molecule has 1 atom stereocenters. The van der Waals surface area contributed by atoms with Crippen LogP contribution in [0.25, 0.3) is 0 Å². The molecule has 0 aliphatic heterocycles. The highest BCUT2D eigenvalue weighted by Crippen LogP contribution is 2.16. The van der Waals surface area contributed by atoms with Crippen LogP contribution < -0.4 is 5.73 Å². The second-order valence-electron chi connectivity index (χ2n) is 4.55. The first-order valence-electron chi connectivity index (χ1n) is 6.39. The zero-order valence-corrected chi connectivity index (χ0v) is 11.0. The first-order valence-corrected chi connectivity index (χ1v) is 6.39. The van der Waals surface area contributed by atoms with Crippen LogP contribution in [0.4, 0.5) is 0 Å². The van der Waals surface area contributed by atoms with Crippen molar-refractivity contribution in [1.29, 1.82) is 0 Å². The summed E-state index contributed by atoms with van der Waals surface area (Å²) in [5.74, 6) is 0.625. The van der Waals surface area contributed by atoms with E-state index in [2.05, 4.69) is 31.9 Å². The molecule has 0 aromatic carbocycles. The van der Waals surface area contributed by atoms with Gasteiger partial charge < -0.3 is 5.73 Å². The highest BCUT2D eigenvalue weighted by atomic mass is 15.3. The van der Waals surface area contributed by atoms with E-state index in [9.17, 15) is 0 Å². The molecular formula is C13H25N3. The summed E-state index contributed by atoms with van der Waals surface area (Å²) in [5.41, 5.74) is 8.67. The second kappa shape index (κ2) is 6.04. The molecule has 3 nitrogen and oxygen atoms in total. The fourth-order valence-corrected chi connectivity index (χ4v) is 2.24. The number of hydrogen-bond acceptors (Lipinski definition) is 2. The Bertz CT molecular complexity index is 313. The van der Waals surface area contributed by atoms with Crippen LogP contribution in [0.2, 0.25) is 0 Å². The van der Waals surface area contributed by atoms with Crippen LogP contribution >= 0.6 is 0 Å². The lowest BCUT2D eigenvalue weighted by molar-refractivity contribution is 0.387. The highest BCUT2D eigenvalue weighted by molar-refractivity contribution is 5.11. The maximum atomic E-state index is 6.25. The first-order chi connectivity index (χ1) is 7.62. The lowest BCUT2D eigenvalue weighted by Gasteiger charge is -2.20. The van der Waals surface area contributed by atoms with Crippen molar-refractivity contribution in [2.45, 2.75) is 52.5 Å². The van der Waals surface area contributed by atoms with Crippen LogP contribution in [0, 0.1) is 5.92 Å². The minimum atomic E-state index is 0.259. The minimum absolute atomic E-state index is 0.259. The zero-order valence-electron chi connectivity index (χ0n) is 11.0. The van der Waals surface area contributed by atoms with Gasteiger partial charge in [-0.3, -0.25) is 4.68 Å². The van der Waals surface area contributed by atoms with Crippen molar-refractivity contribution >= 4 is 0 Å². The molecule has 0 fully saturated rings. The van der Waals surface area contributed by atoms with Crippen LogP contribution in [0.5, 0.6) is 0 Å². The largest absolute Gasteiger partial charge is 0.327 e. The van der Waals surface area contributed by atoms with Crippen molar-refractivity contribution < 1.29 is 0 Å². The summed E-state index contributed by atoms with van der Waals surface area (Å²) in [6.07, 6.45) is 4.26. The number of aromatic nitrogens is 2. The number of nitrogens with zero attached hydrogens (tertiary/aromatic N) is 2. The molecule has 0 aliphatic rings. The fraction of sp³-hybridized carbons (Fsp3) is 0.769. The number of rotatable bonds is 6. The molecule has 0 spiro atoms. The maximum absolute atomic E-state index is 6.25. The van der Waals surface area contributed by atoms with Gasteiger partial charge in [-0.05, 0) is 18.4 Å². The van der Waals surface area contributed by atoms with E-state index < -0.39 is 0 Å². The highest BCUT2D eigenvalue weighted by Gasteiger charge is 2.16. The minimum Gasteiger partial charge on any atom is -0.327 e. The van der Waals surface area contributed by atoms with Gasteiger partial charge in [0.05, 0.1) is 5.69 Å². The molecule has 0 amide bonds. The fourth-order valence-electron chi connectivity index (χ4n) is 2.24. The van der Waals surface area contributed by atoms with Gasteiger partial charge in [0.1, 0.15) is 0 Å². The quantitative estimate of drug-likeness (QED) is 0.804. The Labute approximate surface area is 99.0 Å². The summed E-state index contributed by atoms with van der Waals surface area (Å²) in [5, 5.41) is 4.45. The molecular weight excluding hydrogens is 198 g/mol. The zero-order chi connectivity index (χ0) is 12.1. The molecule has 0 saturated carbocycles. The Kier molecular flexibility index (Phi) is 5.00. The second-order valence-corrected chi connectivity index (χ2v) is 4.55. The third-order valence-corrected chi connectivity index (χ3v) is 3.49. The number of aryl methyl sites for hydroxylation is 2. The Hall–Kier alpha value is -0.830. The molecule has 2 N–H and O–H groups in total. The molecule has 0 saturated heterocycles. The third kappa shape index (κ3) is 3.08. The summed E-state index contributed by atoms with van der Waals surface area (Å²) in [4.78, 5) is 0. The van der Waals surface area contributed by atoms with Gasteiger partial charge in [0.2, 0.25) is 0 Å². The van der Waals surface area contributed by atoms with E-state index in [4.69, 9.17) is 5.73 Å². The van der Waals surface area contributed by atoms with Gasteiger partial charge in [-0.25, -0.2) is 0 Å². The third-order valence-electron chi connectivity index (χ3n) is 3.49. The van der Waals surface area contributed by atoms with Crippen molar-refractivity contribution in [3.8, 4) is 0 Å². The summed E-state index contributed by atoms with van der Waals surface area (Å²) in [6, 6.07) is 2.44. The predicted molar refractivity (Wildman–Crippen MR) is 68.3 cm³/mol. The molecule has 1 aromatic heterocycles. The predicted octanol–water partition coefficient (Wildman–Crippen LogP) is 2.29. The van der Waals surface area contributed by atoms with Gasteiger partial charge in [-0.2, -0.15) is 5.10 Å². The monoisotopic (exact) mass is 223 g/mol. The van der Waals surface area contributed by atoms with Gasteiger partial charge >= 0.3 is 0 Å². The average Bonchev–Trinajstić information content (AvgIpc) is 2.61. The van der Waals surface area contributed by atoms with E-state index in [-0.39, 0.29) is 6.04 Å². The Morgan fingerprint density at radius 2 is 1.94 bits per heavy atom. The number of hydrogen-bond donors (Lipinski definition) is 1. The smallest absolute Gasteiger partial charge is 0.0624 e. The van der Waals surface area contributed by atoms with Crippen LogP contribution in [0.15, 0.2) is 6.07 Å². The molecule has 0 radical (unpaired) electrons. The van der Waals surface area contributed by atoms with E-state index in [1.807, 2.05) is 11.7 Å². The van der Waals surface area contributed by atoms with Crippen molar-refractivity contribution in [2.24, 2.45) is 18.7 Å². The molecule has 1 unspecified atom stereocenters. The van der Waals surface area contributed by atoms with Crippen molar-refractivity contribution in [3.05, 3.63) is 17.5 Å². The van der Waals surface area contributed by atoms with Crippen LogP contribution in [-0.2, 0) is 19.9 Å². The lowest BCUT2D eigenvalue weighted by atomic mass is 9.91. The van der Waals surface area contributed by atoms with E-state index in [0.717, 1.165) is 31.4 Å². The Morgan fingerprint density at radius 1 is 1.31 bits per heavy atom. The van der Waals surface area contributed by atoms with Crippen molar-refractivity contribution in [3.63, 3.8) is 0 Å². The maximum Gasteiger partial charge on any atom is 0.0624 e. The van der Waals surface area contributed by atoms with Crippen LogP contribution in [0.1, 0.15) is 45.0 Å². The van der Waals surface area contributed by atoms with Gasteiger partial charge in [0.15, 0.2) is 0 Å². The molecule has 0 bridgehead atoms. The van der Waals surface area contributed by atoms with E-state index in [0.29, 0.717) is 5.92 Å². The Balaban J connectivity index is 2.68. The SMILES string of the molecule is CCc1cc(CC(N)C(CC)CC)n(C)n1. The molecule has 1 heterocycles. The van der Waals surface area contributed by atoms with Gasteiger partial charge in [0, 0.05) is 25.2 Å². The molecule has 16 heavy (non-hydrogen) atoms. The molecule has 1 aromatic rings. The van der Waals surface area contributed by atoms with Crippen molar-refractivity contribution in [1.82, 2.24) is 9.78 Å². The first kappa shape index (κ1) is 13.2. The van der Waals surface area contributed by atoms with Crippen LogP contribution in [-0.4, -0.2) is 15.8 Å². The molecule has 92 valence electrons. The number of nitrogens with two attached hydrogens (primary N) is 1. The normalized spacial score (nSPS) is 13.4. The van der Waals surface area contributed by atoms with Gasteiger partial charge in [-0.15, -0.1) is 0 Å².